The zero-order chi connectivity index (χ0) is 71.8. The highest BCUT2D eigenvalue weighted by Gasteiger charge is 2.30. The van der Waals surface area contributed by atoms with E-state index in [0.717, 1.165) is 89.9 Å². The quantitative estimate of drug-likeness (QED) is 0.0222. The molecule has 0 aliphatic rings. The summed E-state index contributed by atoms with van der Waals surface area (Å²) >= 11 is 0. The highest BCUT2D eigenvalue weighted by atomic mass is 31.2. The first-order valence-electron chi connectivity index (χ1n) is 41.3. The number of aliphatic hydroxyl groups excluding tert-OH is 1. The van der Waals surface area contributed by atoms with E-state index in [-0.39, 0.29) is 25.7 Å². The Morgan fingerprint density at radius 3 is 0.602 bits per heavy atom. The Morgan fingerprint density at radius 2 is 0.408 bits per heavy atom. The van der Waals surface area contributed by atoms with Gasteiger partial charge in [0, 0.05) is 25.7 Å². The van der Waals surface area contributed by atoms with Crippen LogP contribution in [0.3, 0.4) is 0 Å². The van der Waals surface area contributed by atoms with Gasteiger partial charge in [0.25, 0.3) is 0 Å². The van der Waals surface area contributed by atoms with Crippen LogP contribution in [0.25, 0.3) is 0 Å². The number of hydrogen-bond acceptors (Lipinski definition) is 15. The van der Waals surface area contributed by atoms with Crippen LogP contribution in [0.4, 0.5) is 0 Å². The number of ether oxygens (including phenoxy) is 4. The van der Waals surface area contributed by atoms with E-state index in [1.54, 1.807) is 0 Å². The Balaban J connectivity index is 5.24. The van der Waals surface area contributed by atoms with Crippen molar-refractivity contribution in [3.63, 3.8) is 0 Å². The average Bonchev–Trinajstić information content (AvgIpc) is 0.985. The summed E-state index contributed by atoms with van der Waals surface area (Å²) in [5.74, 6) is -2.10. The zero-order valence-electron chi connectivity index (χ0n) is 63.8. The van der Waals surface area contributed by atoms with Crippen LogP contribution in [0.1, 0.15) is 426 Å². The molecule has 0 heterocycles. The number of phosphoric acid groups is 2. The first-order valence-corrected chi connectivity index (χ1v) is 44.3. The molecule has 0 aromatic carbocycles. The molecular formula is C79H154O17P2. The number of carbonyl (C=O) groups is 4. The number of rotatable bonds is 80. The van der Waals surface area contributed by atoms with Gasteiger partial charge < -0.3 is 33.8 Å². The maximum Gasteiger partial charge on any atom is 0.472 e. The maximum atomic E-state index is 13.1. The summed E-state index contributed by atoms with van der Waals surface area (Å²) < 4.78 is 68.7. The van der Waals surface area contributed by atoms with Crippen LogP contribution in [0.5, 0.6) is 0 Å². The number of carbonyl (C=O) groups excluding carboxylic acids is 4. The summed E-state index contributed by atoms with van der Waals surface area (Å²) in [7, 11) is -9.91. The average molecular weight is 1440 g/mol. The Kier molecular flexibility index (Phi) is 71.9. The van der Waals surface area contributed by atoms with Crippen molar-refractivity contribution in [2.24, 2.45) is 0 Å². The third-order valence-corrected chi connectivity index (χ3v) is 20.5. The van der Waals surface area contributed by atoms with E-state index in [0.29, 0.717) is 25.7 Å². The SMILES string of the molecule is CCCCCCCCCCCCCCCCCCCC(=O)OC[C@H](COP(=O)(O)OCC(O)COP(=O)(O)OC[C@@H](COC(=O)CCCCCCCCCCCCCC)OC(=O)CCCCCCCCCCCCCC)OC(=O)CCCCCCCCCCCCCCCCCCC. The van der Waals surface area contributed by atoms with Crippen molar-refractivity contribution >= 4 is 39.5 Å². The standard InChI is InChI=1S/C79H154O17P2/c1-5-9-13-17-21-25-29-33-35-37-39-41-45-48-52-56-60-64-77(82)90-70-75(96-79(84)66-62-58-54-50-46-42-40-38-36-34-30-26-22-18-14-10-6-2)72-94-98(87,88)92-68-73(80)67-91-97(85,86)93-71-74(95-78(83)65-61-57-53-49-44-32-28-24-20-16-12-8-4)69-89-76(81)63-59-55-51-47-43-31-27-23-19-15-11-7-3/h73-75,80H,5-72H2,1-4H3,(H,85,86)(H,87,88)/t73?,74-,75-/m1/s1. The van der Waals surface area contributed by atoms with E-state index in [1.165, 1.54) is 257 Å². The normalized spacial score (nSPS) is 13.8. The molecule has 0 spiro atoms. The van der Waals surface area contributed by atoms with Crippen LogP contribution < -0.4 is 0 Å². The highest BCUT2D eigenvalue weighted by Crippen LogP contribution is 2.45. The number of esters is 4. The van der Waals surface area contributed by atoms with E-state index in [1.807, 2.05) is 0 Å². The smallest absolute Gasteiger partial charge is 0.462 e. The summed E-state index contributed by atoms with van der Waals surface area (Å²) in [6.45, 7) is 5.02. The number of phosphoric ester groups is 2. The van der Waals surface area contributed by atoms with Crippen LogP contribution in [0.2, 0.25) is 0 Å². The van der Waals surface area contributed by atoms with E-state index in [2.05, 4.69) is 27.7 Å². The van der Waals surface area contributed by atoms with Crippen molar-refractivity contribution in [1.29, 1.82) is 0 Å². The minimum absolute atomic E-state index is 0.108. The van der Waals surface area contributed by atoms with Gasteiger partial charge in [-0.1, -0.05) is 374 Å². The minimum Gasteiger partial charge on any atom is -0.462 e. The predicted octanol–water partition coefficient (Wildman–Crippen LogP) is 23.8. The molecule has 98 heavy (non-hydrogen) atoms. The van der Waals surface area contributed by atoms with E-state index < -0.39 is 97.5 Å². The van der Waals surface area contributed by atoms with Crippen LogP contribution in [-0.4, -0.2) is 96.7 Å². The van der Waals surface area contributed by atoms with Gasteiger partial charge in [0.15, 0.2) is 12.2 Å². The fourth-order valence-corrected chi connectivity index (χ4v) is 13.9. The second-order valence-corrected chi connectivity index (χ2v) is 31.4. The minimum atomic E-state index is -4.96. The van der Waals surface area contributed by atoms with Gasteiger partial charge in [-0.3, -0.25) is 37.3 Å². The molecule has 0 radical (unpaired) electrons. The monoisotopic (exact) mass is 1440 g/mol. The fourth-order valence-electron chi connectivity index (χ4n) is 12.3. The first kappa shape index (κ1) is 96.1. The molecule has 0 saturated heterocycles. The lowest BCUT2D eigenvalue weighted by molar-refractivity contribution is -0.161. The maximum absolute atomic E-state index is 13.1. The summed E-state index contributed by atoms with van der Waals surface area (Å²) in [4.78, 5) is 73.0. The predicted molar refractivity (Wildman–Crippen MR) is 400 cm³/mol. The molecule has 0 bridgehead atoms. The second-order valence-electron chi connectivity index (χ2n) is 28.5. The van der Waals surface area contributed by atoms with Gasteiger partial charge in [-0.25, -0.2) is 9.13 Å². The number of unbranched alkanes of at least 4 members (excludes halogenated alkanes) is 54. The van der Waals surface area contributed by atoms with Gasteiger partial charge in [-0.2, -0.15) is 0 Å². The van der Waals surface area contributed by atoms with Gasteiger partial charge >= 0.3 is 39.5 Å². The molecule has 17 nitrogen and oxygen atoms in total. The van der Waals surface area contributed by atoms with Crippen LogP contribution in [-0.2, 0) is 65.4 Å². The lowest BCUT2D eigenvalue weighted by Gasteiger charge is -2.21. The van der Waals surface area contributed by atoms with Gasteiger partial charge in [0.05, 0.1) is 26.4 Å². The third kappa shape index (κ3) is 72.4. The Bertz CT molecular complexity index is 1860. The number of hydrogen-bond donors (Lipinski definition) is 3. The van der Waals surface area contributed by atoms with Crippen molar-refractivity contribution in [2.75, 3.05) is 39.6 Å². The lowest BCUT2D eigenvalue weighted by Crippen LogP contribution is -2.30. The summed E-state index contributed by atoms with van der Waals surface area (Å²) in [5, 5.41) is 10.6. The first-order chi connectivity index (χ1) is 47.7. The van der Waals surface area contributed by atoms with Gasteiger partial charge in [0.1, 0.15) is 19.3 Å². The van der Waals surface area contributed by atoms with Gasteiger partial charge in [-0.05, 0) is 25.7 Å². The van der Waals surface area contributed by atoms with Crippen molar-refractivity contribution in [3.8, 4) is 0 Å². The van der Waals surface area contributed by atoms with E-state index in [4.69, 9.17) is 37.0 Å². The van der Waals surface area contributed by atoms with Crippen molar-refractivity contribution in [1.82, 2.24) is 0 Å². The number of aliphatic hydroxyl groups is 1. The molecule has 0 aliphatic carbocycles. The molecule has 3 N–H and O–H groups in total. The fraction of sp³-hybridized carbons (Fsp3) is 0.949. The molecule has 19 heteroatoms. The Morgan fingerprint density at radius 1 is 0.245 bits per heavy atom. The largest absolute Gasteiger partial charge is 0.472 e. The lowest BCUT2D eigenvalue weighted by atomic mass is 10.0. The van der Waals surface area contributed by atoms with Crippen LogP contribution in [0.15, 0.2) is 0 Å². The second kappa shape index (κ2) is 73.4. The molecular weight excluding hydrogens is 1280 g/mol. The third-order valence-electron chi connectivity index (χ3n) is 18.6. The van der Waals surface area contributed by atoms with Crippen molar-refractivity contribution < 1.29 is 80.2 Å². The molecule has 0 aromatic heterocycles. The molecule has 0 saturated carbocycles. The summed E-state index contributed by atoms with van der Waals surface area (Å²) in [5.41, 5.74) is 0. The topological polar surface area (TPSA) is 237 Å². The molecule has 0 amide bonds. The molecule has 582 valence electrons. The molecule has 0 aromatic rings. The summed E-state index contributed by atoms with van der Waals surface area (Å²) in [6.07, 6.45) is 65.0. The molecule has 0 fully saturated rings. The zero-order valence-corrected chi connectivity index (χ0v) is 65.6. The van der Waals surface area contributed by atoms with Crippen LogP contribution >= 0.6 is 15.6 Å². The van der Waals surface area contributed by atoms with Gasteiger partial charge in [-0.15, -0.1) is 0 Å². The summed E-state index contributed by atoms with van der Waals surface area (Å²) in [6, 6.07) is 0. The molecule has 0 aliphatic heterocycles. The van der Waals surface area contributed by atoms with Crippen molar-refractivity contribution in [2.45, 2.75) is 444 Å². The van der Waals surface area contributed by atoms with Crippen molar-refractivity contribution in [3.05, 3.63) is 0 Å². The van der Waals surface area contributed by atoms with E-state index in [9.17, 15) is 43.2 Å². The molecule has 0 rings (SSSR count). The molecule has 3 unspecified atom stereocenters. The molecule has 5 atom stereocenters. The van der Waals surface area contributed by atoms with Gasteiger partial charge in [0.2, 0.25) is 0 Å². The highest BCUT2D eigenvalue weighted by molar-refractivity contribution is 7.47. The van der Waals surface area contributed by atoms with E-state index >= 15 is 0 Å². The Labute approximate surface area is 600 Å². The Hall–Kier alpha value is -1.94. The van der Waals surface area contributed by atoms with Crippen LogP contribution in [0, 0.1) is 0 Å².